The molecule has 1 aromatic rings. The monoisotopic (exact) mass is 273 g/mol. The average molecular weight is 273 g/mol. The Balaban J connectivity index is 1.66. The van der Waals surface area contributed by atoms with Crippen molar-refractivity contribution in [1.29, 1.82) is 0 Å². The quantitative estimate of drug-likeness (QED) is 0.640. The van der Waals surface area contributed by atoms with Crippen LogP contribution in [0.25, 0.3) is 0 Å². The van der Waals surface area contributed by atoms with Crippen LogP contribution < -0.4 is 16.2 Å². The molecule has 0 heterocycles. The number of rotatable bonds is 5. The molecule has 2 saturated carbocycles. The van der Waals surface area contributed by atoms with Gasteiger partial charge in [0.05, 0.1) is 0 Å². The van der Waals surface area contributed by atoms with Crippen LogP contribution in [0, 0.1) is 17.8 Å². The number of hydrazine groups is 1. The van der Waals surface area contributed by atoms with E-state index in [2.05, 4.69) is 48.7 Å². The third-order valence-electron chi connectivity index (χ3n) is 5.44. The van der Waals surface area contributed by atoms with E-state index >= 15 is 0 Å². The molecule has 2 fully saturated rings. The molecule has 0 amide bonds. The molecule has 3 N–H and O–H groups in total. The van der Waals surface area contributed by atoms with Crippen LogP contribution in [0.5, 0.6) is 0 Å². The Bertz CT molecular complexity index is 440. The first-order chi connectivity index (χ1) is 9.67. The lowest BCUT2D eigenvalue weighted by Gasteiger charge is -2.27. The van der Waals surface area contributed by atoms with Crippen molar-refractivity contribution in [3.05, 3.63) is 29.8 Å². The highest BCUT2D eigenvalue weighted by molar-refractivity contribution is 5.46. The van der Waals surface area contributed by atoms with Crippen LogP contribution in [-0.2, 0) is 0 Å². The van der Waals surface area contributed by atoms with E-state index in [1.807, 2.05) is 0 Å². The molecule has 2 bridgehead atoms. The predicted octanol–water partition coefficient (Wildman–Crippen LogP) is 3.08. The molecule has 1 aromatic carbocycles. The van der Waals surface area contributed by atoms with Gasteiger partial charge in [-0.1, -0.05) is 18.6 Å². The van der Waals surface area contributed by atoms with Crippen LogP contribution >= 0.6 is 0 Å². The molecule has 2 aliphatic rings. The highest BCUT2D eigenvalue weighted by atomic mass is 15.2. The maximum atomic E-state index is 5.82. The Morgan fingerprint density at radius 2 is 1.95 bits per heavy atom. The minimum absolute atomic E-state index is 0.301. The second-order valence-electron chi connectivity index (χ2n) is 6.88. The summed E-state index contributed by atoms with van der Waals surface area (Å²) in [4.78, 5) is 2.13. The van der Waals surface area contributed by atoms with Crippen LogP contribution in [0.3, 0.4) is 0 Å². The SMILES string of the molecule is CN(C)c1ccc(C(CC2CC3CCC2C3)NN)cc1. The van der Waals surface area contributed by atoms with E-state index in [1.54, 1.807) is 0 Å². The van der Waals surface area contributed by atoms with Crippen molar-refractivity contribution in [2.24, 2.45) is 23.6 Å². The largest absolute Gasteiger partial charge is 0.378 e. The van der Waals surface area contributed by atoms with Crippen molar-refractivity contribution in [1.82, 2.24) is 5.43 Å². The van der Waals surface area contributed by atoms with Crippen molar-refractivity contribution < 1.29 is 0 Å². The van der Waals surface area contributed by atoms with E-state index in [4.69, 9.17) is 5.84 Å². The van der Waals surface area contributed by atoms with Gasteiger partial charge in [-0.2, -0.15) is 0 Å². The van der Waals surface area contributed by atoms with Crippen LogP contribution in [0.1, 0.15) is 43.7 Å². The molecule has 110 valence electrons. The summed E-state index contributed by atoms with van der Waals surface area (Å²) in [6.07, 6.45) is 7.02. The Labute approximate surface area is 122 Å². The second kappa shape index (κ2) is 5.74. The second-order valence-corrected chi connectivity index (χ2v) is 6.88. The van der Waals surface area contributed by atoms with Gasteiger partial charge in [0.2, 0.25) is 0 Å². The summed E-state index contributed by atoms with van der Waals surface area (Å²) in [5, 5.41) is 0. The lowest BCUT2D eigenvalue weighted by atomic mass is 9.83. The third-order valence-corrected chi connectivity index (χ3v) is 5.44. The van der Waals surface area contributed by atoms with Gasteiger partial charge in [-0.15, -0.1) is 0 Å². The van der Waals surface area contributed by atoms with Gasteiger partial charge in [0.25, 0.3) is 0 Å². The van der Waals surface area contributed by atoms with Gasteiger partial charge in [0, 0.05) is 25.8 Å². The molecule has 0 radical (unpaired) electrons. The summed E-state index contributed by atoms with van der Waals surface area (Å²) in [5.41, 5.74) is 5.60. The van der Waals surface area contributed by atoms with Crippen molar-refractivity contribution >= 4 is 5.69 Å². The van der Waals surface area contributed by atoms with E-state index < -0.39 is 0 Å². The van der Waals surface area contributed by atoms with Crippen LogP contribution in [0.2, 0.25) is 0 Å². The van der Waals surface area contributed by atoms with Crippen LogP contribution in [0.15, 0.2) is 24.3 Å². The number of benzene rings is 1. The molecule has 3 rings (SSSR count). The van der Waals surface area contributed by atoms with Gasteiger partial charge in [0.15, 0.2) is 0 Å². The number of hydrogen-bond donors (Lipinski definition) is 2. The summed E-state index contributed by atoms with van der Waals surface area (Å²) in [6, 6.07) is 9.09. The molecule has 4 unspecified atom stereocenters. The summed E-state index contributed by atoms with van der Waals surface area (Å²) in [6.45, 7) is 0. The summed E-state index contributed by atoms with van der Waals surface area (Å²) in [5.74, 6) is 8.68. The molecular formula is C17H27N3. The Hall–Kier alpha value is -1.06. The first kappa shape index (κ1) is 13.9. The van der Waals surface area contributed by atoms with Crippen molar-refractivity contribution in [2.45, 2.75) is 38.1 Å². The lowest BCUT2D eigenvalue weighted by molar-refractivity contribution is 0.280. The van der Waals surface area contributed by atoms with E-state index in [-0.39, 0.29) is 0 Å². The van der Waals surface area contributed by atoms with Gasteiger partial charge in [-0.3, -0.25) is 11.3 Å². The molecule has 3 nitrogen and oxygen atoms in total. The van der Waals surface area contributed by atoms with Gasteiger partial charge in [0.1, 0.15) is 0 Å². The lowest BCUT2D eigenvalue weighted by Crippen LogP contribution is -2.30. The standard InChI is InChI=1S/C17H27N3/c1-20(2)16-7-5-13(6-8-16)17(19-18)11-15-10-12-3-4-14(15)9-12/h5-8,12,14-15,17,19H,3-4,9-11,18H2,1-2H3. The number of hydrogen-bond acceptors (Lipinski definition) is 3. The fourth-order valence-electron chi connectivity index (χ4n) is 4.27. The zero-order valence-electron chi connectivity index (χ0n) is 12.7. The van der Waals surface area contributed by atoms with E-state index in [0.29, 0.717) is 6.04 Å². The van der Waals surface area contributed by atoms with E-state index in [1.165, 1.54) is 43.4 Å². The fraction of sp³-hybridized carbons (Fsp3) is 0.647. The highest BCUT2D eigenvalue weighted by Gasteiger charge is 2.40. The topological polar surface area (TPSA) is 41.3 Å². The molecule has 3 heteroatoms. The first-order valence-corrected chi connectivity index (χ1v) is 7.90. The average Bonchev–Trinajstić information content (AvgIpc) is 3.07. The Kier molecular flexibility index (Phi) is 3.99. The number of anilines is 1. The maximum Gasteiger partial charge on any atom is 0.0462 e. The zero-order chi connectivity index (χ0) is 14.1. The minimum Gasteiger partial charge on any atom is -0.378 e. The summed E-state index contributed by atoms with van der Waals surface area (Å²) in [7, 11) is 4.14. The maximum absolute atomic E-state index is 5.82. The molecule has 0 spiro atoms. The Morgan fingerprint density at radius 1 is 1.20 bits per heavy atom. The number of nitrogens with one attached hydrogen (secondary N) is 1. The fourth-order valence-corrected chi connectivity index (χ4v) is 4.27. The summed E-state index contributed by atoms with van der Waals surface area (Å²) < 4.78 is 0. The molecular weight excluding hydrogens is 246 g/mol. The zero-order valence-corrected chi connectivity index (χ0v) is 12.7. The van der Waals surface area contributed by atoms with E-state index in [9.17, 15) is 0 Å². The normalized spacial score (nSPS) is 29.6. The third kappa shape index (κ3) is 2.70. The molecule has 0 aromatic heterocycles. The van der Waals surface area contributed by atoms with Crippen LogP contribution in [0.4, 0.5) is 5.69 Å². The van der Waals surface area contributed by atoms with Gasteiger partial charge >= 0.3 is 0 Å². The molecule has 20 heavy (non-hydrogen) atoms. The van der Waals surface area contributed by atoms with Crippen molar-refractivity contribution in [3.63, 3.8) is 0 Å². The minimum atomic E-state index is 0.301. The number of nitrogens with zero attached hydrogens (tertiary/aromatic N) is 1. The number of nitrogens with two attached hydrogens (primary N) is 1. The molecule has 0 saturated heterocycles. The first-order valence-electron chi connectivity index (χ1n) is 7.90. The predicted molar refractivity (Wildman–Crippen MR) is 84.4 cm³/mol. The van der Waals surface area contributed by atoms with Crippen LogP contribution in [-0.4, -0.2) is 14.1 Å². The van der Waals surface area contributed by atoms with Gasteiger partial charge in [-0.25, -0.2) is 0 Å². The van der Waals surface area contributed by atoms with Crippen molar-refractivity contribution in [2.75, 3.05) is 19.0 Å². The number of fused-ring (bicyclic) bond motifs is 2. The smallest absolute Gasteiger partial charge is 0.0462 e. The molecule has 2 aliphatic carbocycles. The van der Waals surface area contributed by atoms with Gasteiger partial charge < -0.3 is 4.90 Å². The molecule has 4 atom stereocenters. The summed E-state index contributed by atoms with van der Waals surface area (Å²) >= 11 is 0. The highest BCUT2D eigenvalue weighted by Crippen LogP contribution is 2.50. The van der Waals surface area contributed by atoms with Crippen molar-refractivity contribution in [3.8, 4) is 0 Å². The molecule has 0 aliphatic heterocycles. The van der Waals surface area contributed by atoms with Gasteiger partial charge in [-0.05, 0) is 61.1 Å². The van der Waals surface area contributed by atoms with E-state index in [0.717, 1.165) is 17.8 Å². The Morgan fingerprint density at radius 3 is 2.45 bits per heavy atom.